The van der Waals surface area contributed by atoms with Gasteiger partial charge in [0.05, 0.1) is 11.6 Å². The van der Waals surface area contributed by atoms with E-state index in [1.807, 2.05) is 12.1 Å². The standard InChI is InChI=1S/C6H5BrClN.ClH/c7-5-1-2-9-6(3-5)4-8;/h1-3H,4H2;1H. The Morgan fingerprint density at radius 2 is 2.30 bits per heavy atom. The first-order valence-electron chi connectivity index (χ1n) is 2.49. The van der Waals surface area contributed by atoms with Crippen LogP contribution in [0.2, 0.25) is 0 Å². The summed E-state index contributed by atoms with van der Waals surface area (Å²) in [4.78, 5) is 4.00. The second-order valence-electron chi connectivity index (χ2n) is 1.60. The Hall–Kier alpha value is 0.210. The normalized spacial score (nSPS) is 8.60. The van der Waals surface area contributed by atoms with E-state index in [0.29, 0.717) is 5.88 Å². The second-order valence-corrected chi connectivity index (χ2v) is 2.78. The summed E-state index contributed by atoms with van der Waals surface area (Å²) >= 11 is 8.82. The maximum Gasteiger partial charge on any atom is 0.0647 e. The van der Waals surface area contributed by atoms with Crippen molar-refractivity contribution in [2.24, 2.45) is 0 Å². The summed E-state index contributed by atoms with van der Waals surface area (Å²) in [6.07, 6.45) is 1.72. The van der Waals surface area contributed by atoms with Crippen LogP contribution >= 0.6 is 39.9 Å². The van der Waals surface area contributed by atoms with Crippen molar-refractivity contribution < 1.29 is 0 Å². The van der Waals surface area contributed by atoms with E-state index >= 15 is 0 Å². The summed E-state index contributed by atoms with van der Waals surface area (Å²) in [7, 11) is 0. The van der Waals surface area contributed by atoms with E-state index in [9.17, 15) is 0 Å². The molecule has 4 heteroatoms. The van der Waals surface area contributed by atoms with Crippen LogP contribution in [0.5, 0.6) is 0 Å². The zero-order valence-corrected chi connectivity index (χ0v) is 8.21. The first-order chi connectivity index (χ1) is 4.33. The van der Waals surface area contributed by atoms with Gasteiger partial charge in [-0.3, -0.25) is 4.98 Å². The van der Waals surface area contributed by atoms with E-state index in [0.717, 1.165) is 10.2 Å². The van der Waals surface area contributed by atoms with Crippen LogP contribution < -0.4 is 0 Å². The Balaban J connectivity index is 0.000000810. The molecule has 0 aliphatic rings. The van der Waals surface area contributed by atoms with Gasteiger partial charge in [0.1, 0.15) is 0 Å². The predicted octanol–water partition coefficient (Wildman–Crippen LogP) is 3.00. The largest absolute Gasteiger partial charge is 0.260 e. The lowest BCUT2D eigenvalue weighted by Crippen LogP contribution is -1.81. The van der Waals surface area contributed by atoms with Gasteiger partial charge in [-0.05, 0) is 12.1 Å². The van der Waals surface area contributed by atoms with Crippen molar-refractivity contribution in [3.63, 3.8) is 0 Å². The van der Waals surface area contributed by atoms with Crippen molar-refractivity contribution in [3.8, 4) is 0 Å². The minimum Gasteiger partial charge on any atom is -0.260 e. The fourth-order valence-electron chi connectivity index (χ4n) is 0.522. The Kier molecular flexibility index (Phi) is 5.04. The van der Waals surface area contributed by atoms with Gasteiger partial charge < -0.3 is 0 Å². The number of halogens is 3. The van der Waals surface area contributed by atoms with Crippen LogP contribution in [0.1, 0.15) is 5.69 Å². The van der Waals surface area contributed by atoms with Gasteiger partial charge in [0.15, 0.2) is 0 Å². The van der Waals surface area contributed by atoms with Gasteiger partial charge in [0, 0.05) is 10.7 Å². The summed E-state index contributed by atoms with van der Waals surface area (Å²) in [6.45, 7) is 0. The van der Waals surface area contributed by atoms with E-state index < -0.39 is 0 Å². The monoisotopic (exact) mass is 241 g/mol. The van der Waals surface area contributed by atoms with Crippen LogP contribution in [0.4, 0.5) is 0 Å². The molecule has 1 heterocycles. The van der Waals surface area contributed by atoms with E-state index in [1.165, 1.54) is 0 Å². The SMILES string of the molecule is Cl.ClCc1cc(Br)ccn1. The lowest BCUT2D eigenvalue weighted by atomic mass is 10.4. The molecule has 0 aliphatic heterocycles. The maximum absolute atomic E-state index is 5.52. The second kappa shape index (κ2) is 4.94. The number of aromatic nitrogens is 1. The van der Waals surface area contributed by atoms with E-state index in [-0.39, 0.29) is 12.4 Å². The summed E-state index contributed by atoms with van der Waals surface area (Å²) in [6, 6.07) is 3.77. The zero-order chi connectivity index (χ0) is 6.69. The quantitative estimate of drug-likeness (QED) is 0.690. The van der Waals surface area contributed by atoms with Crippen molar-refractivity contribution in [2.75, 3.05) is 0 Å². The molecule has 1 rings (SSSR count). The molecule has 1 nitrogen and oxygen atoms in total. The highest BCUT2D eigenvalue weighted by molar-refractivity contribution is 9.10. The summed E-state index contributed by atoms with van der Waals surface area (Å²) < 4.78 is 1.02. The third-order valence-corrected chi connectivity index (χ3v) is 1.68. The molecular weight excluding hydrogens is 237 g/mol. The minimum atomic E-state index is 0. The van der Waals surface area contributed by atoms with Crippen LogP contribution in [0, 0.1) is 0 Å². The smallest absolute Gasteiger partial charge is 0.0647 e. The Bertz CT molecular complexity index is 205. The molecule has 0 unspecified atom stereocenters. The van der Waals surface area contributed by atoms with Gasteiger partial charge in [0.2, 0.25) is 0 Å². The number of pyridine rings is 1. The summed E-state index contributed by atoms with van der Waals surface area (Å²) in [5.41, 5.74) is 0.894. The van der Waals surface area contributed by atoms with Crippen molar-refractivity contribution in [2.45, 2.75) is 5.88 Å². The van der Waals surface area contributed by atoms with Gasteiger partial charge in [0.25, 0.3) is 0 Å². The number of alkyl halides is 1. The Morgan fingerprint density at radius 3 is 2.70 bits per heavy atom. The molecule has 0 N–H and O–H groups in total. The first kappa shape index (κ1) is 10.2. The number of rotatable bonds is 1. The third kappa shape index (κ3) is 2.86. The molecule has 0 bridgehead atoms. The molecule has 0 saturated carbocycles. The maximum atomic E-state index is 5.52. The highest BCUT2D eigenvalue weighted by Gasteiger charge is 1.90. The van der Waals surface area contributed by atoms with Gasteiger partial charge in [-0.25, -0.2) is 0 Å². The molecule has 0 saturated heterocycles. The molecule has 0 aliphatic carbocycles. The van der Waals surface area contributed by atoms with Crippen LogP contribution in [0.3, 0.4) is 0 Å². The lowest BCUT2D eigenvalue weighted by Gasteiger charge is -1.91. The van der Waals surface area contributed by atoms with Crippen LogP contribution in [-0.4, -0.2) is 4.98 Å². The molecule has 0 fully saturated rings. The average molecular weight is 243 g/mol. The van der Waals surface area contributed by atoms with Crippen molar-refractivity contribution >= 4 is 39.9 Å². The zero-order valence-electron chi connectivity index (χ0n) is 5.05. The number of hydrogen-bond acceptors (Lipinski definition) is 1. The van der Waals surface area contributed by atoms with Crippen LogP contribution in [0.25, 0.3) is 0 Å². The third-order valence-electron chi connectivity index (χ3n) is 0.916. The van der Waals surface area contributed by atoms with Crippen LogP contribution in [-0.2, 0) is 5.88 Å². The van der Waals surface area contributed by atoms with Gasteiger partial charge in [-0.2, -0.15) is 0 Å². The molecule has 1 aromatic rings. The molecule has 1 aromatic heterocycles. The molecular formula is C6H6BrCl2N. The molecule has 0 atom stereocenters. The Labute approximate surface area is 79.3 Å². The van der Waals surface area contributed by atoms with Gasteiger partial charge >= 0.3 is 0 Å². The van der Waals surface area contributed by atoms with Gasteiger partial charge in [-0.1, -0.05) is 15.9 Å². The fourth-order valence-corrected chi connectivity index (χ4v) is 1.05. The highest BCUT2D eigenvalue weighted by atomic mass is 79.9. The van der Waals surface area contributed by atoms with E-state index in [4.69, 9.17) is 11.6 Å². The fraction of sp³-hybridized carbons (Fsp3) is 0.167. The molecule has 0 radical (unpaired) electrons. The summed E-state index contributed by atoms with van der Waals surface area (Å²) in [5.74, 6) is 0.472. The molecule has 56 valence electrons. The lowest BCUT2D eigenvalue weighted by molar-refractivity contribution is 1.16. The van der Waals surface area contributed by atoms with E-state index in [2.05, 4.69) is 20.9 Å². The van der Waals surface area contributed by atoms with Crippen LogP contribution in [0.15, 0.2) is 22.8 Å². The van der Waals surface area contributed by atoms with Crippen molar-refractivity contribution in [1.82, 2.24) is 4.98 Å². The Morgan fingerprint density at radius 1 is 1.60 bits per heavy atom. The molecule has 10 heavy (non-hydrogen) atoms. The average Bonchev–Trinajstić information content (AvgIpc) is 1.88. The summed E-state index contributed by atoms with van der Waals surface area (Å²) in [5, 5.41) is 0. The van der Waals surface area contributed by atoms with Gasteiger partial charge in [-0.15, -0.1) is 24.0 Å². The van der Waals surface area contributed by atoms with Crippen molar-refractivity contribution in [1.29, 1.82) is 0 Å². The molecule has 0 amide bonds. The minimum absolute atomic E-state index is 0. The number of nitrogens with zero attached hydrogens (tertiary/aromatic N) is 1. The molecule has 0 aromatic carbocycles. The first-order valence-corrected chi connectivity index (χ1v) is 3.82. The number of hydrogen-bond donors (Lipinski definition) is 0. The van der Waals surface area contributed by atoms with E-state index in [1.54, 1.807) is 6.20 Å². The predicted molar refractivity (Wildman–Crippen MR) is 48.7 cm³/mol. The van der Waals surface area contributed by atoms with Crippen molar-refractivity contribution in [3.05, 3.63) is 28.5 Å². The topological polar surface area (TPSA) is 12.9 Å². The molecule has 0 spiro atoms. The highest BCUT2D eigenvalue weighted by Crippen LogP contribution is 2.09.